The van der Waals surface area contributed by atoms with Crippen LogP contribution in [0.2, 0.25) is 5.02 Å². The van der Waals surface area contributed by atoms with Crippen molar-refractivity contribution in [3.05, 3.63) is 29.0 Å². The van der Waals surface area contributed by atoms with Crippen molar-refractivity contribution in [1.82, 2.24) is 9.55 Å². The number of para-hydroxylation sites is 1. The number of fused-ring (bicyclic) bond motifs is 1. The Morgan fingerprint density at radius 1 is 1.53 bits per heavy atom. The van der Waals surface area contributed by atoms with E-state index in [2.05, 4.69) is 4.98 Å². The largest absolute Gasteiger partial charge is 0.463 e. The maximum Gasteiger partial charge on any atom is 0.374 e. The molecule has 1 heterocycles. The molecule has 17 heavy (non-hydrogen) atoms. The first-order valence-electron chi connectivity index (χ1n) is 5.47. The van der Waals surface area contributed by atoms with Crippen LogP contribution in [-0.2, 0) is 4.74 Å². The smallest absolute Gasteiger partial charge is 0.374 e. The third kappa shape index (κ3) is 1.60. The van der Waals surface area contributed by atoms with E-state index in [0.717, 1.165) is 23.9 Å². The minimum atomic E-state index is -0.413. The normalized spacial score (nSPS) is 15.2. The van der Waals surface area contributed by atoms with Gasteiger partial charge in [-0.15, -0.1) is 0 Å². The van der Waals surface area contributed by atoms with Crippen molar-refractivity contribution in [1.29, 1.82) is 0 Å². The molecule has 1 saturated carbocycles. The van der Waals surface area contributed by atoms with E-state index in [9.17, 15) is 4.79 Å². The summed E-state index contributed by atoms with van der Waals surface area (Å²) in [5, 5.41) is 0.622. The van der Waals surface area contributed by atoms with E-state index >= 15 is 0 Å². The number of carbonyl (C=O) groups excluding carboxylic acids is 1. The lowest BCUT2D eigenvalue weighted by Gasteiger charge is -2.06. The highest BCUT2D eigenvalue weighted by Gasteiger charge is 2.31. The summed E-state index contributed by atoms with van der Waals surface area (Å²) < 4.78 is 6.67. The maximum absolute atomic E-state index is 11.7. The Hall–Kier alpha value is -1.55. The van der Waals surface area contributed by atoms with Crippen molar-refractivity contribution in [3.8, 4) is 0 Å². The van der Waals surface area contributed by atoms with E-state index in [0.29, 0.717) is 16.9 Å². The van der Waals surface area contributed by atoms with Gasteiger partial charge in [-0.1, -0.05) is 17.7 Å². The van der Waals surface area contributed by atoms with Gasteiger partial charge in [-0.3, -0.25) is 0 Å². The molecular weight excluding hydrogens is 240 g/mol. The molecule has 0 unspecified atom stereocenters. The highest BCUT2D eigenvalue weighted by Crippen LogP contribution is 2.40. The molecule has 0 atom stereocenters. The summed E-state index contributed by atoms with van der Waals surface area (Å²) in [7, 11) is 1.36. The lowest BCUT2D eigenvalue weighted by atomic mass is 10.3. The summed E-state index contributed by atoms with van der Waals surface area (Å²) in [6.07, 6.45) is 2.11. The number of esters is 1. The number of benzene rings is 1. The third-order valence-electron chi connectivity index (χ3n) is 2.94. The van der Waals surface area contributed by atoms with Crippen molar-refractivity contribution < 1.29 is 9.53 Å². The van der Waals surface area contributed by atoms with Crippen LogP contribution in [-0.4, -0.2) is 22.6 Å². The van der Waals surface area contributed by atoms with Gasteiger partial charge in [-0.2, -0.15) is 0 Å². The molecule has 1 aliphatic rings. The average molecular weight is 251 g/mol. The number of rotatable bonds is 2. The zero-order chi connectivity index (χ0) is 12.0. The average Bonchev–Trinajstić information content (AvgIpc) is 3.09. The van der Waals surface area contributed by atoms with Gasteiger partial charge in [0.25, 0.3) is 0 Å². The molecule has 3 rings (SSSR count). The molecule has 1 aliphatic carbocycles. The van der Waals surface area contributed by atoms with E-state index in [4.69, 9.17) is 16.3 Å². The lowest BCUT2D eigenvalue weighted by Crippen LogP contribution is -2.11. The van der Waals surface area contributed by atoms with Crippen LogP contribution in [0.15, 0.2) is 18.2 Å². The number of carbonyl (C=O) groups is 1. The summed E-state index contributed by atoms with van der Waals surface area (Å²) >= 11 is 6.18. The first kappa shape index (κ1) is 10.6. The van der Waals surface area contributed by atoms with Crippen LogP contribution in [0.4, 0.5) is 0 Å². The SMILES string of the molecule is COC(=O)c1nc2cccc(Cl)c2n1C1CC1. The monoisotopic (exact) mass is 250 g/mol. The molecule has 0 N–H and O–H groups in total. The molecule has 0 amide bonds. The van der Waals surface area contributed by atoms with E-state index in [1.165, 1.54) is 7.11 Å². The highest BCUT2D eigenvalue weighted by molar-refractivity contribution is 6.35. The summed E-state index contributed by atoms with van der Waals surface area (Å²) in [6.45, 7) is 0. The molecule has 2 aromatic rings. The van der Waals surface area contributed by atoms with Crippen LogP contribution in [0.25, 0.3) is 11.0 Å². The Balaban J connectivity index is 2.31. The molecule has 1 aromatic carbocycles. The van der Waals surface area contributed by atoms with Gasteiger partial charge in [-0.05, 0) is 25.0 Å². The minimum absolute atomic E-state index is 0.328. The number of hydrogen-bond donors (Lipinski definition) is 0. The maximum atomic E-state index is 11.7. The quantitative estimate of drug-likeness (QED) is 0.770. The molecule has 0 spiro atoms. The van der Waals surface area contributed by atoms with Gasteiger partial charge in [-0.25, -0.2) is 9.78 Å². The molecule has 0 aliphatic heterocycles. The van der Waals surface area contributed by atoms with Crippen molar-refractivity contribution in [3.63, 3.8) is 0 Å². The Morgan fingerprint density at radius 2 is 2.29 bits per heavy atom. The summed E-state index contributed by atoms with van der Waals surface area (Å²) in [6, 6.07) is 5.82. The molecule has 88 valence electrons. The van der Waals surface area contributed by atoms with Gasteiger partial charge in [0, 0.05) is 6.04 Å². The second kappa shape index (κ2) is 3.74. The molecule has 0 saturated heterocycles. The number of hydrogen-bond acceptors (Lipinski definition) is 3. The number of ether oxygens (including phenoxy) is 1. The van der Waals surface area contributed by atoms with E-state index in [1.54, 1.807) is 0 Å². The van der Waals surface area contributed by atoms with Gasteiger partial charge in [0.05, 0.1) is 23.2 Å². The minimum Gasteiger partial charge on any atom is -0.463 e. The standard InChI is InChI=1S/C12H11ClN2O2/c1-17-12(16)11-14-9-4-2-3-8(13)10(9)15(11)7-5-6-7/h2-4,7H,5-6H2,1H3. The second-order valence-electron chi connectivity index (χ2n) is 4.14. The first-order chi connectivity index (χ1) is 8.22. The highest BCUT2D eigenvalue weighted by atomic mass is 35.5. The number of methoxy groups -OCH3 is 1. The molecule has 1 fully saturated rings. The number of aromatic nitrogens is 2. The number of imidazole rings is 1. The van der Waals surface area contributed by atoms with Gasteiger partial charge < -0.3 is 9.30 Å². The van der Waals surface area contributed by atoms with Crippen LogP contribution in [0.5, 0.6) is 0 Å². The van der Waals surface area contributed by atoms with Crippen molar-refractivity contribution in [2.24, 2.45) is 0 Å². The van der Waals surface area contributed by atoms with Crippen molar-refractivity contribution >= 4 is 28.6 Å². The molecule has 0 radical (unpaired) electrons. The van der Waals surface area contributed by atoms with Gasteiger partial charge >= 0.3 is 5.97 Å². The van der Waals surface area contributed by atoms with Gasteiger partial charge in [0.15, 0.2) is 0 Å². The van der Waals surface area contributed by atoms with Crippen LogP contribution < -0.4 is 0 Å². The second-order valence-corrected chi connectivity index (χ2v) is 4.54. The lowest BCUT2D eigenvalue weighted by molar-refractivity contribution is 0.0581. The Bertz CT molecular complexity index is 602. The van der Waals surface area contributed by atoms with Crippen molar-refractivity contribution in [2.75, 3.05) is 7.11 Å². The molecule has 1 aromatic heterocycles. The molecule has 0 bridgehead atoms. The van der Waals surface area contributed by atoms with E-state index in [-0.39, 0.29) is 0 Å². The van der Waals surface area contributed by atoms with Crippen LogP contribution in [0.3, 0.4) is 0 Å². The Labute approximate surface area is 103 Å². The fraction of sp³-hybridized carbons (Fsp3) is 0.333. The fourth-order valence-corrected chi connectivity index (χ4v) is 2.29. The molecule has 5 heteroatoms. The van der Waals surface area contributed by atoms with Crippen LogP contribution in [0.1, 0.15) is 29.5 Å². The number of halogens is 1. The zero-order valence-corrected chi connectivity index (χ0v) is 10.1. The zero-order valence-electron chi connectivity index (χ0n) is 9.31. The van der Waals surface area contributed by atoms with Crippen LogP contribution in [0, 0.1) is 0 Å². The first-order valence-corrected chi connectivity index (χ1v) is 5.85. The predicted octanol–water partition coefficient (Wildman–Crippen LogP) is 2.81. The van der Waals surface area contributed by atoms with Crippen LogP contribution >= 0.6 is 11.6 Å². The third-order valence-corrected chi connectivity index (χ3v) is 3.25. The van der Waals surface area contributed by atoms with Crippen molar-refractivity contribution in [2.45, 2.75) is 18.9 Å². The van der Waals surface area contributed by atoms with Gasteiger partial charge in [0.2, 0.25) is 5.82 Å². The molecular formula is C12H11ClN2O2. The molecule has 4 nitrogen and oxygen atoms in total. The Morgan fingerprint density at radius 3 is 2.94 bits per heavy atom. The van der Waals surface area contributed by atoms with E-state index < -0.39 is 5.97 Å². The summed E-state index contributed by atoms with van der Waals surface area (Å²) in [5.74, 6) is -0.0673. The number of nitrogens with zero attached hydrogens (tertiary/aromatic N) is 2. The predicted molar refractivity (Wildman–Crippen MR) is 64.4 cm³/mol. The topological polar surface area (TPSA) is 44.1 Å². The summed E-state index contributed by atoms with van der Waals surface area (Å²) in [5.41, 5.74) is 1.57. The van der Waals surface area contributed by atoms with Gasteiger partial charge in [0.1, 0.15) is 0 Å². The fourth-order valence-electron chi connectivity index (χ4n) is 2.03. The Kier molecular flexibility index (Phi) is 2.33. The summed E-state index contributed by atoms with van der Waals surface area (Å²) in [4.78, 5) is 16.0. The van der Waals surface area contributed by atoms with E-state index in [1.807, 2.05) is 22.8 Å².